The number of hydrazine groups is 1. The number of aryl methyl sites for hydroxylation is 1. The zero-order chi connectivity index (χ0) is 25.9. The molecule has 38 heavy (non-hydrogen) atoms. The first-order chi connectivity index (χ1) is 18.6. The number of morpholine rings is 1. The summed E-state index contributed by atoms with van der Waals surface area (Å²) in [6, 6.07) is 18.6. The van der Waals surface area contributed by atoms with Gasteiger partial charge in [0.15, 0.2) is 5.84 Å². The molecule has 2 aromatic carbocycles. The number of anilines is 4. The largest absolute Gasteiger partial charge is 0.378 e. The van der Waals surface area contributed by atoms with E-state index in [-0.39, 0.29) is 5.82 Å². The summed E-state index contributed by atoms with van der Waals surface area (Å²) >= 11 is 0. The molecule has 2 aliphatic heterocycles. The number of hydrogen-bond donors (Lipinski definition) is 2. The summed E-state index contributed by atoms with van der Waals surface area (Å²) in [6.45, 7) is 5.25. The fourth-order valence-electron chi connectivity index (χ4n) is 4.51. The van der Waals surface area contributed by atoms with Crippen molar-refractivity contribution in [2.45, 2.75) is 6.92 Å². The molecule has 192 valence electrons. The van der Waals surface area contributed by atoms with E-state index in [0.29, 0.717) is 37.1 Å². The van der Waals surface area contributed by atoms with Crippen LogP contribution in [0, 0.1) is 12.7 Å². The number of nitrogens with one attached hydrogen (secondary N) is 2. The number of pyridine rings is 1. The highest BCUT2D eigenvalue weighted by molar-refractivity contribution is 6.00. The van der Waals surface area contributed by atoms with Crippen molar-refractivity contribution in [2.75, 3.05) is 48.2 Å². The molecule has 1 saturated heterocycles. The molecule has 0 atom stereocenters. The second kappa shape index (κ2) is 10.4. The van der Waals surface area contributed by atoms with E-state index in [1.165, 1.54) is 6.07 Å². The minimum absolute atomic E-state index is 0.298. The van der Waals surface area contributed by atoms with E-state index in [0.717, 1.165) is 47.2 Å². The molecule has 0 amide bonds. The molecule has 10 heteroatoms. The lowest BCUT2D eigenvalue weighted by atomic mass is 10.1. The Labute approximate surface area is 220 Å². The SMILES string of the molecule is Cc1cccnc1C1=NCN(c2ccc(Nc3nccc(-c4cc(F)cc(N5CCOCC5)c4)n3)cc2)N1. The second-order valence-corrected chi connectivity index (χ2v) is 9.09. The number of ether oxygens (including phenoxy) is 1. The minimum atomic E-state index is -0.298. The van der Waals surface area contributed by atoms with Gasteiger partial charge in [0.25, 0.3) is 0 Å². The van der Waals surface area contributed by atoms with Crippen LogP contribution in [0.15, 0.2) is 78.0 Å². The first kappa shape index (κ1) is 23.8. The third kappa shape index (κ3) is 5.12. The van der Waals surface area contributed by atoms with Crippen molar-refractivity contribution in [3.8, 4) is 11.3 Å². The van der Waals surface area contributed by atoms with Crippen molar-refractivity contribution < 1.29 is 9.13 Å². The lowest BCUT2D eigenvalue weighted by Crippen LogP contribution is -2.36. The van der Waals surface area contributed by atoms with Gasteiger partial charge in [0.2, 0.25) is 5.95 Å². The van der Waals surface area contributed by atoms with Crippen LogP contribution in [-0.4, -0.2) is 53.8 Å². The van der Waals surface area contributed by atoms with Crippen molar-refractivity contribution in [1.29, 1.82) is 0 Å². The molecule has 2 aliphatic rings. The standard InChI is InChI=1S/C28H27FN8O/c1-19-3-2-9-30-26(19)27-32-18-37(35-27)23-6-4-22(5-7-23)33-28-31-10-8-25(34-28)20-15-21(29)17-24(16-20)36-11-13-38-14-12-36/h2-10,15-17H,11-14,18H2,1H3,(H,32,35)(H,31,33,34). The topological polar surface area (TPSA) is 90.8 Å². The van der Waals surface area contributed by atoms with Gasteiger partial charge in [-0.2, -0.15) is 0 Å². The first-order valence-electron chi connectivity index (χ1n) is 12.5. The Kier molecular flexibility index (Phi) is 6.53. The van der Waals surface area contributed by atoms with Crippen molar-refractivity contribution in [1.82, 2.24) is 20.4 Å². The summed E-state index contributed by atoms with van der Waals surface area (Å²) in [5.41, 5.74) is 9.21. The van der Waals surface area contributed by atoms with E-state index in [2.05, 4.69) is 35.6 Å². The molecule has 0 aliphatic carbocycles. The minimum Gasteiger partial charge on any atom is -0.378 e. The van der Waals surface area contributed by atoms with Crippen molar-refractivity contribution in [3.63, 3.8) is 0 Å². The molecule has 9 nitrogen and oxygen atoms in total. The van der Waals surface area contributed by atoms with E-state index in [4.69, 9.17) is 4.74 Å². The molecule has 0 bridgehead atoms. The van der Waals surface area contributed by atoms with Gasteiger partial charge < -0.3 is 15.0 Å². The molecule has 0 unspecified atom stereocenters. The number of halogens is 1. The maximum atomic E-state index is 14.5. The molecule has 1 fully saturated rings. The van der Waals surface area contributed by atoms with Gasteiger partial charge in [-0.05, 0) is 67.1 Å². The second-order valence-electron chi connectivity index (χ2n) is 9.09. The number of amidine groups is 1. The van der Waals surface area contributed by atoms with Gasteiger partial charge in [0.1, 0.15) is 18.2 Å². The first-order valence-corrected chi connectivity index (χ1v) is 12.5. The van der Waals surface area contributed by atoms with Gasteiger partial charge in [-0.3, -0.25) is 15.4 Å². The fraction of sp³-hybridized carbons (Fsp3) is 0.214. The fourth-order valence-corrected chi connectivity index (χ4v) is 4.51. The highest BCUT2D eigenvalue weighted by Crippen LogP contribution is 2.27. The zero-order valence-corrected chi connectivity index (χ0v) is 20.9. The van der Waals surface area contributed by atoms with Crippen LogP contribution in [0.25, 0.3) is 11.3 Å². The lowest BCUT2D eigenvalue weighted by Gasteiger charge is -2.29. The van der Waals surface area contributed by atoms with E-state index in [1.54, 1.807) is 24.5 Å². The Morgan fingerprint density at radius 1 is 0.947 bits per heavy atom. The van der Waals surface area contributed by atoms with Gasteiger partial charge in [-0.15, -0.1) is 0 Å². The average Bonchev–Trinajstić information content (AvgIpc) is 3.44. The maximum Gasteiger partial charge on any atom is 0.227 e. The zero-order valence-electron chi connectivity index (χ0n) is 20.9. The predicted octanol–water partition coefficient (Wildman–Crippen LogP) is 4.30. The molecular formula is C28H27FN8O. The molecule has 0 spiro atoms. The highest BCUT2D eigenvalue weighted by Gasteiger charge is 2.19. The van der Waals surface area contributed by atoms with E-state index < -0.39 is 0 Å². The van der Waals surface area contributed by atoms with Gasteiger partial charge in [0.05, 0.1) is 24.6 Å². The highest BCUT2D eigenvalue weighted by atomic mass is 19.1. The van der Waals surface area contributed by atoms with E-state index >= 15 is 0 Å². The van der Waals surface area contributed by atoms with Crippen LogP contribution < -0.4 is 20.7 Å². The Bertz CT molecular complexity index is 1470. The Morgan fingerprint density at radius 3 is 2.61 bits per heavy atom. The number of hydrogen-bond acceptors (Lipinski definition) is 9. The molecule has 2 aromatic heterocycles. The third-order valence-electron chi connectivity index (χ3n) is 6.49. The Morgan fingerprint density at radius 2 is 1.79 bits per heavy atom. The number of nitrogens with zero attached hydrogens (tertiary/aromatic N) is 6. The van der Waals surface area contributed by atoms with Crippen LogP contribution in [0.2, 0.25) is 0 Å². The van der Waals surface area contributed by atoms with Crippen molar-refractivity contribution in [3.05, 3.63) is 90.1 Å². The van der Waals surface area contributed by atoms with Gasteiger partial charge in [-0.25, -0.2) is 19.4 Å². The summed E-state index contributed by atoms with van der Waals surface area (Å²) in [4.78, 5) is 20.1. The number of aromatic nitrogens is 3. The van der Waals surface area contributed by atoms with Crippen molar-refractivity contribution in [2.24, 2.45) is 4.99 Å². The monoisotopic (exact) mass is 510 g/mol. The van der Waals surface area contributed by atoms with Crippen LogP contribution in [0.4, 0.5) is 27.4 Å². The molecule has 4 aromatic rings. The van der Waals surface area contributed by atoms with Crippen LogP contribution in [0.5, 0.6) is 0 Å². The van der Waals surface area contributed by atoms with Crippen LogP contribution in [0.3, 0.4) is 0 Å². The number of benzene rings is 2. The van der Waals surface area contributed by atoms with Crippen LogP contribution >= 0.6 is 0 Å². The van der Waals surface area contributed by atoms with E-state index in [9.17, 15) is 4.39 Å². The molecule has 0 saturated carbocycles. The smallest absolute Gasteiger partial charge is 0.227 e. The normalized spacial score (nSPS) is 15.3. The van der Waals surface area contributed by atoms with Gasteiger partial charge in [0, 0.05) is 42.4 Å². The molecule has 6 rings (SSSR count). The Hall–Kier alpha value is -4.57. The van der Waals surface area contributed by atoms with Gasteiger partial charge in [-0.1, -0.05) is 6.07 Å². The number of rotatable bonds is 6. The van der Waals surface area contributed by atoms with Crippen molar-refractivity contribution >= 4 is 28.8 Å². The summed E-state index contributed by atoms with van der Waals surface area (Å²) in [5.74, 6) is 0.890. The molecular weight excluding hydrogens is 483 g/mol. The number of aliphatic imine (C=N–C) groups is 1. The summed E-state index contributed by atoms with van der Waals surface area (Å²) in [7, 11) is 0. The summed E-state index contributed by atoms with van der Waals surface area (Å²) in [6.07, 6.45) is 3.44. The third-order valence-corrected chi connectivity index (χ3v) is 6.49. The quantitative estimate of drug-likeness (QED) is 0.397. The molecule has 0 radical (unpaired) electrons. The summed E-state index contributed by atoms with van der Waals surface area (Å²) < 4.78 is 19.9. The lowest BCUT2D eigenvalue weighted by molar-refractivity contribution is 0.122. The molecule has 2 N–H and O–H groups in total. The van der Waals surface area contributed by atoms with E-state index in [1.807, 2.05) is 54.4 Å². The average molecular weight is 511 g/mol. The van der Waals surface area contributed by atoms with Gasteiger partial charge >= 0.3 is 0 Å². The Balaban J connectivity index is 1.14. The maximum absolute atomic E-state index is 14.5. The van der Waals surface area contributed by atoms with Crippen LogP contribution in [0.1, 0.15) is 11.3 Å². The predicted molar refractivity (Wildman–Crippen MR) is 146 cm³/mol. The summed E-state index contributed by atoms with van der Waals surface area (Å²) in [5, 5.41) is 5.20. The van der Waals surface area contributed by atoms with Crippen LogP contribution in [-0.2, 0) is 4.74 Å². The molecule has 4 heterocycles.